The number of rotatable bonds is 2. The van der Waals surface area contributed by atoms with E-state index in [0.29, 0.717) is 5.56 Å². The fourth-order valence-corrected chi connectivity index (χ4v) is 0.928. The fourth-order valence-electron chi connectivity index (χ4n) is 0.928. The van der Waals surface area contributed by atoms with Gasteiger partial charge in [0.2, 0.25) is 0 Å². The molecule has 0 fully saturated rings. The number of phenols is 2. The Hall–Kier alpha value is -1.77. The molecular formula is C10H10O3. The van der Waals surface area contributed by atoms with E-state index in [4.69, 9.17) is 10.2 Å². The van der Waals surface area contributed by atoms with Gasteiger partial charge >= 0.3 is 0 Å². The van der Waals surface area contributed by atoms with Gasteiger partial charge < -0.3 is 10.2 Å². The first-order valence-corrected chi connectivity index (χ1v) is 3.79. The van der Waals surface area contributed by atoms with Gasteiger partial charge in [-0.25, -0.2) is 0 Å². The largest absolute Gasteiger partial charge is 0.508 e. The first-order chi connectivity index (χ1) is 6.08. The number of hydrogen-bond acceptors (Lipinski definition) is 3. The lowest BCUT2D eigenvalue weighted by Crippen LogP contribution is -1.80. The van der Waals surface area contributed by atoms with E-state index in [1.165, 1.54) is 37.3 Å². The maximum absolute atomic E-state index is 10.6. The molecule has 1 rings (SSSR count). The Labute approximate surface area is 76.0 Å². The summed E-state index contributed by atoms with van der Waals surface area (Å²) in [6.45, 7) is 1.43. The van der Waals surface area contributed by atoms with Gasteiger partial charge in [-0.1, -0.05) is 6.08 Å². The summed E-state index contributed by atoms with van der Waals surface area (Å²) >= 11 is 0. The zero-order valence-electron chi connectivity index (χ0n) is 7.19. The van der Waals surface area contributed by atoms with E-state index >= 15 is 0 Å². The molecular weight excluding hydrogens is 168 g/mol. The van der Waals surface area contributed by atoms with Crippen molar-refractivity contribution >= 4 is 11.9 Å². The van der Waals surface area contributed by atoms with Gasteiger partial charge in [0.05, 0.1) is 0 Å². The minimum Gasteiger partial charge on any atom is -0.508 e. The van der Waals surface area contributed by atoms with Crippen molar-refractivity contribution < 1.29 is 15.0 Å². The molecule has 2 N–H and O–H groups in total. The summed E-state index contributed by atoms with van der Waals surface area (Å²) in [5, 5.41) is 18.2. The van der Waals surface area contributed by atoms with E-state index in [1.54, 1.807) is 0 Å². The normalized spacial score (nSPS) is 10.5. The Morgan fingerprint density at radius 1 is 1.23 bits per heavy atom. The second-order valence-electron chi connectivity index (χ2n) is 2.73. The van der Waals surface area contributed by atoms with Crippen LogP contribution in [0.3, 0.4) is 0 Å². The number of phenolic OH excluding ortho intramolecular Hbond substituents is 2. The zero-order valence-corrected chi connectivity index (χ0v) is 7.19. The van der Waals surface area contributed by atoms with Crippen LogP contribution in [0.15, 0.2) is 24.3 Å². The zero-order chi connectivity index (χ0) is 9.84. The Morgan fingerprint density at radius 2 is 1.77 bits per heavy atom. The molecule has 68 valence electrons. The van der Waals surface area contributed by atoms with Gasteiger partial charge in [-0.2, -0.15) is 0 Å². The van der Waals surface area contributed by atoms with E-state index in [9.17, 15) is 4.79 Å². The fraction of sp³-hybridized carbons (Fsp3) is 0.100. The molecule has 0 radical (unpaired) electrons. The maximum Gasteiger partial charge on any atom is 0.152 e. The van der Waals surface area contributed by atoms with Crippen LogP contribution in [0.25, 0.3) is 6.08 Å². The average molecular weight is 178 g/mol. The van der Waals surface area contributed by atoms with Crippen LogP contribution in [-0.2, 0) is 4.79 Å². The summed E-state index contributed by atoms with van der Waals surface area (Å²) in [5.41, 5.74) is 0.590. The monoisotopic (exact) mass is 178 g/mol. The van der Waals surface area contributed by atoms with Gasteiger partial charge in [0.25, 0.3) is 0 Å². The molecule has 0 aromatic heterocycles. The number of hydrogen-bond donors (Lipinski definition) is 2. The van der Waals surface area contributed by atoms with Crippen molar-refractivity contribution in [1.82, 2.24) is 0 Å². The molecule has 0 saturated carbocycles. The molecule has 0 saturated heterocycles. The molecule has 0 aliphatic heterocycles. The van der Waals surface area contributed by atoms with Gasteiger partial charge in [0, 0.05) is 6.07 Å². The van der Waals surface area contributed by atoms with Crippen LogP contribution in [-0.4, -0.2) is 16.0 Å². The highest BCUT2D eigenvalue weighted by molar-refractivity contribution is 5.91. The van der Waals surface area contributed by atoms with Crippen molar-refractivity contribution in [1.29, 1.82) is 0 Å². The van der Waals surface area contributed by atoms with Crippen molar-refractivity contribution in [2.45, 2.75) is 6.92 Å². The van der Waals surface area contributed by atoms with Gasteiger partial charge in [0.15, 0.2) is 5.78 Å². The number of benzene rings is 1. The highest BCUT2D eigenvalue weighted by Crippen LogP contribution is 2.20. The van der Waals surface area contributed by atoms with Crippen LogP contribution in [0.5, 0.6) is 11.5 Å². The van der Waals surface area contributed by atoms with Crippen molar-refractivity contribution in [3.63, 3.8) is 0 Å². The minimum absolute atomic E-state index is 0.0248. The lowest BCUT2D eigenvalue weighted by molar-refractivity contribution is -0.112. The Morgan fingerprint density at radius 3 is 2.23 bits per heavy atom. The summed E-state index contributed by atoms with van der Waals surface area (Å²) < 4.78 is 0. The molecule has 0 unspecified atom stereocenters. The molecule has 3 heteroatoms. The summed E-state index contributed by atoms with van der Waals surface area (Å²) in [6.07, 6.45) is 2.90. The Bertz CT molecular complexity index is 333. The number of aromatic hydroxyl groups is 2. The number of carbonyl (C=O) groups excluding carboxylic acids is 1. The third-order valence-electron chi connectivity index (χ3n) is 1.44. The standard InChI is InChI=1S/C10H10O3/c1-7(11)2-3-8-4-9(12)6-10(13)5-8/h2-6,12-13H,1H3/b3-2+. The molecule has 0 atom stereocenters. The third-order valence-corrected chi connectivity index (χ3v) is 1.44. The summed E-state index contributed by atoms with van der Waals surface area (Å²) in [4.78, 5) is 10.6. The van der Waals surface area contributed by atoms with Crippen LogP contribution in [0, 0.1) is 0 Å². The molecule has 1 aromatic carbocycles. The van der Waals surface area contributed by atoms with Gasteiger partial charge in [-0.15, -0.1) is 0 Å². The Balaban J connectivity index is 2.95. The number of allylic oxidation sites excluding steroid dienone is 1. The lowest BCUT2D eigenvalue weighted by Gasteiger charge is -1.97. The lowest BCUT2D eigenvalue weighted by atomic mass is 10.2. The van der Waals surface area contributed by atoms with Gasteiger partial charge in [-0.3, -0.25) is 4.79 Å². The topological polar surface area (TPSA) is 57.5 Å². The molecule has 0 heterocycles. The van der Waals surface area contributed by atoms with Crippen molar-refractivity contribution in [2.75, 3.05) is 0 Å². The highest BCUT2D eigenvalue weighted by atomic mass is 16.3. The van der Waals surface area contributed by atoms with Crippen LogP contribution >= 0.6 is 0 Å². The summed E-state index contributed by atoms with van der Waals surface area (Å²) in [5.74, 6) is -0.130. The molecule has 0 amide bonds. The van der Waals surface area contributed by atoms with Crippen LogP contribution in [0.4, 0.5) is 0 Å². The molecule has 1 aromatic rings. The average Bonchev–Trinajstić information content (AvgIpc) is 1.99. The van der Waals surface area contributed by atoms with Gasteiger partial charge in [-0.05, 0) is 30.7 Å². The Kier molecular flexibility index (Phi) is 2.69. The van der Waals surface area contributed by atoms with Gasteiger partial charge in [0.1, 0.15) is 11.5 Å². The smallest absolute Gasteiger partial charge is 0.152 e. The first-order valence-electron chi connectivity index (χ1n) is 3.79. The SMILES string of the molecule is CC(=O)/C=C/c1cc(O)cc(O)c1. The molecule has 13 heavy (non-hydrogen) atoms. The van der Waals surface area contributed by atoms with E-state index in [1.807, 2.05) is 0 Å². The second-order valence-corrected chi connectivity index (χ2v) is 2.73. The predicted molar refractivity (Wildman–Crippen MR) is 49.5 cm³/mol. The quantitative estimate of drug-likeness (QED) is 0.677. The highest BCUT2D eigenvalue weighted by Gasteiger charge is 1.95. The summed E-state index contributed by atoms with van der Waals surface area (Å²) in [6, 6.07) is 4.14. The van der Waals surface area contributed by atoms with Crippen LogP contribution in [0.1, 0.15) is 12.5 Å². The van der Waals surface area contributed by atoms with E-state index in [0.717, 1.165) is 0 Å². The maximum atomic E-state index is 10.6. The van der Waals surface area contributed by atoms with E-state index < -0.39 is 0 Å². The third kappa shape index (κ3) is 2.99. The van der Waals surface area contributed by atoms with E-state index in [-0.39, 0.29) is 17.3 Å². The van der Waals surface area contributed by atoms with Crippen molar-refractivity contribution in [3.05, 3.63) is 29.8 Å². The predicted octanol–water partition coefficient (Wildman–Crippen LogP) is 1.70. The molecule has 0 spiro atoms. The summed E-state index contributed by atoms with van der Waals surface area (Å²) in [7, 11) is 0. The number of carbonyl (C=O) groups is 1. The number of ketones is 1. The second kappa shape index (κ2) is 3.76. The van der Waals surface area contributed by atoms with Crippen molar-refractivity contribution in [3.8, 4) is 11.5 Å². The molecule has 0 bridgehead atoms. The van der Waals surface area contributed by atoms with Crippen LogP contribution < -0.4 is 0 Å². The minimum atomic E-state index is -0.0807. The molecule has 3 nitrogen and oxygen atoms in total. The molecule has 0 aliphatic rings. The van der Waals surface area contributed by atoms with Crippen molar-refractivity contribution in [2.24, 2.45) is 0 Å². The molecule has 0 aliphatic carbocycles. The van der Waals surface area contributed by atoms with E-state index in [2.05, 4.69) is 0 Å². The van der Waals surface area contributed by atoms with Crippen LogP contribution in [0.2, 0.25) is 0 Å². The first kappa shape index (κ1) is 9.32.